The van der Waals surface area contributed by atoms with Crippen molar-refractivity contribution in [3.63, 3.8) is 0 Å². The van der Waals surface area contributed by atoms with Gasteiger partial charge in [-0.3, -0.25) is 0 Å². The molecule has 4 heteroatoms. The summed E-state index contributed by atoms with van der Waals surface area (Å²) in [6, 6.07) is 6.22. The summed E-state index contributed by atoms with van der Waals surface area (Å²) >= 11 is 0. The predicted octanol–water partition coefficient (Wildman–Crippen LogP) is 2.16. The molecule has 0 saturated heterocycles. The molecule has 0 amide bonds. The molecule has 0 spiro atoms. The molecule has 0 fully saturated rings. The number of nitrogens with zero attached hydrogens (tertiary/aromatic N) is 1. The normalized spacial score (nSPS) is 10.4. The summed E-state index contributed by atoms with van der Waals surface area (Å²) in [6.07, 6.45) is 2.27. The molecular weight excluding hydrogens is 204 g/mol. The Morgan fingerprint density at radius 1 is 1.44 bits per heavy atom. The third-order valence-electron chi connectivity index (χ3n) is 2.37. The van der Waals surface area contributed by atoms with Crippen molar-refractivity contribution in [3.8, 4) is 5.75 Å². The molecule has 1 heterocycles. The highest BCUT2D eigenvalue weighted by Crippen LogP contribution is 2.23. The van der Waals surface area contributed by atoms with E-state index >= 15 is 0 Å². The molecule has 0 radical (unpaired) electrons. The Balaban J connectivity index is 2.29. The van der Waals surface area contributed by atoms with Crippen LogP contribution >= 0.6 is 0 Å². The van der Waals surface area contributed by atoms with Crippen LogP contribution in [-0.2, 0) is 6.42 Å². The summed E-state index contributed by atoms with van der Waals surface area (Å²) < 4.78 is 10.5. The molecule has 2 rings (SSSR count). The third-order valence-corrected chi connectivity index (χ3v) is 2.37. The second kappa shape index (κ2) is 4.26. The quantitative estimate of drug-likeness (QED) is 0.857. The number of rotatable bonds is 3. The molecular formula is C12H14N2O2. The smallest absolute Gasteiger partial charge is 0.292 e. The van der Waals surface area contributed by atoms with Gasteiger partial charge in [0.2, 0.25) is 0 Å². The standard InChI is InChI=1S/C12H14N2O2/c1-8-3-4-11(15-2)9(5-8)6-10-7-14-12(13)16-10/h3-5,7H,6H2,1-2H3,(H2,13,14). The van der Waals surface area contributed by atoms with Gasteiger partial charge < -0.3 is 14.9 Å². The van der Waals surface area contributed by atoms with Gasteiger partial charge in [-0.25, -0.2) is 4.98 Å². The van der Waals surface area contributed by atoms with Crippen LogP contribution < -0.4 is 10.5 Å². The highest BCUT2D eigenvalue weighted by molar-refractivity contribution is 5.39. The van der Waals surface area contributed by atoms with Crippen molar-refractivity contribution >= 4 is 6.01 Å². The number of methoxy groups -OCH3 is 1. The SMILES string of the molecule is COc1ccc(C)cc1Cc1cnc(N)o1. The first-order valence-corrected chi connectivity index (χ1v) is 5.02. The van der Waals surface area contributed by atoms with Crippen LogP contribution in [0.25, 0.3) is 0 Å². The average Bonchev–Trinajstić information content (AvgIpc) is 2.64. The zero-order valence-corrected chi connectivity index (χ0v) is 9.36. The Bertz CT molecular complexity index is 492. The van der Waals surface area contributed by atoms with Crippen molar-refractivity contribution in [1.82, 2.24) is 4.98 Å². The zero-order chi connectivity index (χ0) is 11.5. The van der Waals surface area contributed by atoms with E-state index in [-0.39, 0.29) is 6.01 Å². The van der Waals surface area contributed by atoms with Crippen LogP contribution in [0.5, 0.6) is 5.75 Å². The first kappa shape index (κ1) is 10.5. The molecule has 4 nitrogen and oxygen atoms in total. The number of nitrogens with two attached hydrogens (primary N) is 1. The van der Waals surface area contributed by atoms with Crippen LogP contribution in [-0.4, -0.2) is 12.1 Å². The molecule has 2 aromatic rings. The van der Waals surface area contributed by atoms with Crippen molar-refractivity contribution in [3.05, 3.63) is 41.3 Å². The van der Waals surface area contributed by atoms with Crippen LogP contribution in [0, 0.1) is 6.92 Å². The van der Waals surface area contributed by atoms with E-state index in [9.17, 15) is 0 Å². The molecule has 2 N–H and O–H groups in total. The molecule has 0 saturated carbocycles. The Morgan fingerprint density at radius 2 is 2.25 bits per heavy atom. The molecule has 84 valence electrons. The number of hydrogen-bond acceptors (Lipinski definition) is 4. The summed E-state index contributed by atoms with van der Waals surface area (Å²) in [5.74, 6) is 1.59. The third kappa shape index (κ3) is 2.16. The maximum Gasteiger partial charge on any atom is 0.292 e. The lowest BCUT2D eigenvalue weighted by atomic mass is 10.1. The minimum atomic E-state index is 0.196. The summed E-state index contributed by atoms with van der Waals surface area (Å²) in [4.78, 5) is 3.86. The van der Waals surface area contributed by atoms with Crippen molar-refractivity contribution < 1.29 is 9.15 Å². The molecule has 1 aromatic carbocycles. The molecule has 0 bridgehead atoms. The van der Waals surface area contributed by atoms with E-state index in [0.29, 0.717) is 6.42 Å². The molecule has 16 heavy (non-hydrogen) atoms. The lowest BCUT2D eigenvalue weighted by Crippen LogP contribution is -1.93. The minimum absolute atomic E-state index is 0.196. The number of aryl methyl sites for hydroxylation is 1. The lowest BCUT2D eigenvalue weighted by Gasteiger charge is -2.07. The number of ether oxygens (including phenoxy) is 1. The number of benzene rings is 1. The summed E-state index contributed by atoms with van der Waals surface area (Å²) in [6.45, 7) is 2.04. The Morgan fingerprint density at radius 3 is 2.88 bits per heavy atom. The van der Waals surface area contributed by atoms with E-state index in [1.54, 1.807) is 13.3 Å². The average molecular weight is 218 g/mol. The lowest BCUT2D eigenvalue weighted by molar-refractivity contribution is 0.408. The van der Waals surface area contributed by atoms with Gasteiger partial charge in [-0.15, -0.1) is 0 Å². The van der Waals surface area contributed by atoms with Gasteiger partial charge >= 0.3 is 0 Å². The van der Waals surface area contributed by atoms with Gasteiger partial charge in [0, 0.05) is 12.0 Å². The molecule has 0 aliphatic rings. The molecule has 0 atom stereocenters. The van der Waals surface area contributed by atoms with E-state index < -0.39 is 0 Å². The summed E-state index contributed by atoms with van der Waals surface area (Å²) in [5, 5.41) is 0. The van der Waals surface area contributed by atoms with E-state index in [2.05, 4.69) is 11.1 Å². The second-order valence-electron chi connectivity index (χ2n) is 3.66. The van der Waals surface area contributed by atoms with Gasteiger partial charge in [0.25, 0.3) is 6.01 Å². The maximum absolute atomic E-state index is 5.42. The number of oxazole rings is 1. The van der Waals surface area contributed by atoms with E-state index in [0.717, 1.165) is 17.1 Å². The fraction of sp³-hybridized carbons (Fsp3) is 0.250. The van der Waals surface area contributed by atoms with E-state index in [1.165, 1.54) is 5.56 Å². The van der Waals surface area contributed by atoms with Crippen LogP contribution in [0.1, 0.15) is 16.9 Å². The maximum atomic E-state index is 5.42. The van der Waals surface area contributed by atoms with Gasteiger partial charge in [-0.2, -0.15) is 0 Å². The molecule has 0 aliphatic heterocycles. The topological polar surface area (TPSA) is 61.3 Å². The molecule has 1 aromatic heterocycles. The number of aromatic nitrogens is 1. The first-order valence-electron chi connectivity index (χ1n) is 5.02. The zero-order valence-electron chi connectivity index (χ0n) is 9.36. The Hall–Kier alpha value is -1.97. The van der Waals surface area contributed by atoms with E-state index in [4.69, 9.17) is 14.9 Å². The summed E-state index contributed by atoms with van der Waals surface area (Å²) in [5.41, 5.74) is 7.68. The second-order valence-corrected chi connectivity index (χ2v) is 3.66. The van der Waals surface area contributed by atoms with Gasteiger partial charge in [0.05, 0.1) is 13.3 Å². The number of anilines is 1. The monoisotopic (exact) mass is 218 g/mol. The van der Waals surface area contributed by atoms with Crippen molar-refractivity contribution in [2.24, 2.45) is 0 Å². The predicted molar refractivity (Wildman–Crippen MR) is 61.5 cm³/mol. The van der Waals surface area contributed by atoms with Crippen molar-refractivity contribution in [2.75, 3.05) is 12.8 Å². The molecule has 0 unspecified atom stereocenters. The Labute approximate surface area is 94.1 Å². The van der Waals surface area contributed by atoms with Gasteiger partial charge in [-0.05, 0) is 13.0 Å². The van der Waals surface area contributed by atoms with Crippen LogP contribution in [0.2, 0.25) is 0 Å². The van der Waals surface area contributed by atoms with E-state index in [1.807, 2.05) is 19.1 Å². The Kier molecular flexibility index (Phi) is 2.81. The molecule has 0 aliphatic carbocycles. The van der Waals surface area contributed by atoms with Gasteiger partial charge in [0.15, 0.2) is 0 Å². The highest BCUT2D eigenvalue weighted by Gasteiger charge is 2.07. The highest BCUT2D eigenvalue weighted by atomic mass is 16.5. The summed E-state index contributed by atoms with van der Waals surface area (Å²) in [7, 11) is 1.66. The largest absolute Gasteiger partial charge is 0.496 e. The van der Waals surface area contributed by atoms with Crippen LogP contribution in [0.3, 0.4) is 0 Å². The van der Waals surface area contributed by atoms with Crippen LogP contribution in [0.15, 0.2) is 28.8 Å². The van der Waals surface area contributed by atoms with Crippen molar-refractivity contribution in [2.45, 2.75) is 13.3 Å². The first-order chi connectivity index (χ1) is 7.69. The fourth-order valence-corrected chi connectivity index (χ4v) is 1.64. The number of nitrogen functional groups attached to an aromatic ring is 1. The van der Waals surface area contributed by atoms with Crippen molar-refractivity contribution in [1.29, 1.82) is 0 Å². The van der Waals surface area contributed by atoms with Gasteiger partial charge in [-0.1, -0.05) is 17.7 Å². The minimum Gasteiger partial charge on any atom is -0.496 e. The fourth-order valence-electron chi connectivity index (χ4n) is 1.64. The number of hydrogen-bond donors (Lipinski definition) is 1. The van der Waals surface area contributed by atoms with Gasteiger partial charge in [0.1, 0.15) is 11.5 Å². The van der Waals surface area contributed by atoms with Crippen LogP contribution in [0.4, 0.5) is 6.01 Å².